The van der Waals surface area contributed by atoms with E-state index in [2.05, 4.69) is 0 Å². The summed E-state index contributed by atoms with van der Waals surface area (Å²) in [6.45, 7) is 13.1. The van der Waals surface area contributed by atoms with E-state index >= 15 is 0 Å². The molecule has 1 unspecified atom stereocenters. The number of carbonyl (C=O) groups is 1. The molecule has 0 fully saturated rings. The quantitative estimate of drug-likeness (QED) is 0.127. The Balaban J connectivity index is 0. The fourth-order valence-corrected chi connectivity index (χ4v) is 2.87. The van der Waals surface area contributed by atoms with Crippen LogP contribution < -0.4 is 11.6 Å². The van der Waals surface area contributed by atoms with Gasteiger partial charge in [0.05, 0.1) is 22.7 Å². The molecule has 11 heteroatoms. The van der Waals surface area contributed by atoms with Crippen molar-refractivity contribution in [2.24, 2.45) is 11.6 Å². The number of nitrogens with zero attached hydrogens (tertiary/aromatic N) is 2. The smallest absolute Gasteiger partial charge is 0.434 e. The van der Waals surface area contributed by atoms with Crippen LogP contribution in [0.2, 0.25) is 0 Å². The Bertz CT molecular complexity index is 840. The monoisotopic (exact) mass is 504 g/mol. The first-order valence-electron chi connectivity index (χ1n) is 11.6. The summed E-state index contributed by atoms with van der Waals surface area (Å²) in [5, 5.41) is 11.7. The summed E-state index contributed by atoms with van der Waals surface area (Å²) in [6.07, 6.45) is -1.52. The van der Waals surface area contributed by atoms with Crippen LogP contribution in [0.5, 0.6) is 0 Å². The fraction of sp³-hybridized carbons (Fsp3) is 0.542. The lowest BCUT2D eigenvalue weighted by Crippen LogP contribution is -2.53. The van der Waals surface area contributed by atoms with E-state index in [-0.39, 0.29) is 17.8 Å². The predicted molar refractivity (Wildman–Crippen MR) is 132 cm³/mol. The van der Waals surface area contributed by atoms with Crippen LogP contribution in [0, 0.1) is 10.1 Å². The summed E-state index contributed by atoms with van der Waals surface area (Å²) in [4.78, 5) is 22.4. The number of allylic oxidation sites excluding steroid dienone is 1. The van der Waals surface area contributed by atoms with Crippen LogP contribution in [-0.4, -0.2) is 34.2 Å². The number of nitro benzene ring substituents is 1. The molecule has 0 spiro atoms. The number of benzene rings is 1. The van der Waals surface area contributed by atoms with Crippen LogP contribution in [0.3, 0.4) is 0 Å². The van der Waals surface area contributed by atoms with Crippen molar-refractivity contribution in [1.82, 2.24) is 5.01 Å². The predicted octanol–water partition coefficient (Wildman–Crippen LogP) is 6.24. The average molecular weight is 505 g/mol. The highest BCUT2D eigenvalue weighted by atomic mass is 19.4. The highest BCUT2D eigenvalue weighted by Gasteiger charge is 2.59. The molecule has 0 aliphatic rings. The molecule has 4 N–H and O–H groups in total. The number of hydrazine groups is 1. The first kappa shape index (κ1) is 34.1. The molecule has 200 valence electrons. The van der Waals surface area contributed by atoms with E-state index < -0.39 is 34.8 Å². The van der Waals surface area contributed by atoms with Crippen LogP contribution >= 0.6 is 0 Å². The molecule has 0 radical (unpaired) electrons. The first-order valence-corrected chi connectivity index (χ1v) is 11.6. The zero-order valence-corrected chi connectivity index (χ0v) is 21.6. The Morgan fingerprint density at radius 2 is 1.63 bits per heavy atom. The minimum Gasteiger partial charge on any atom is -0.439 e. The van der Waals surface area contributed by atoms with Crippen molar-refractivity contribution in [2.75, 3.05) is 6.54 Å². The molecule has 1 aromatic rings. The largest absolute Gasteiger partial charge is 0.439 e. The number of ether oxygens (including phenoxy) is 1. The number of halogens is 3. The number of nitrogens with two attached hydrogens (primary N) is 2. The van der Waals surface area contributed by atoms with Gasteiger partial charge in [-0.3, -0.25) is 10.1 Å². The SMILES string of the molecule is CC.CC.CC/C=C(\CC)CN(N)/C=C(\N)C(CC)(OC(=O)c1ccc([N+](=O)[O-])cc1)C(F)(F)F. The van der Waals surface area contributed by atoms with E-state index in [4.69, 9.17) is 16.3 Å². The van der Waals surface area contributed by atoms with Crippen molar-refractivity contribution >= 4 is 11.7 Å². The summed E-state index contributed by atoms with van der Waals surface area (Å²) < 4.78 is 46.9. The maximum Gasteiger partial charge on any atom is 0.434 e. The number of nitro groups is 1. The molecule has 0 aliphatic heterocycles. The van der Waals surface area contributed by atoms with Gasteiger partial charge in [-0.15, -0.1) is 0 Å². The van der Waals surface area contributed by atoms with Crippen LogP contribution in [0.15, 0.2) is 47.8 Å². The Kier molecular flexibility index (Phi) is 16.1. The highest BCUT2D eigenvalue weighted by molar-refractivity contribution is 5.90. The Labute approximate surface area is 205 Å². The maximum atomic E-state index is 14.0. The number of hydrogen-bond donors (Lipinski definition) is 2. The number of rotatable bonds is 10. The van der Waals surface area contributed by atoms with Crippen molar-refractivity contribution in [3.8, 4) is 0 Å². The lowest BCUT2D eigenvalue weighted by Gasteiger charge is -2.35. The van der Waals surface area contributed by atoms with Crippen molar-refractivity contribution in [3.05, 3.63) is 63.5 Å². The average Bonchev–Trinajstić information content (AvgIpc) is 2.83. The van der Waals surface area contributed by atoms with Crippen molar-refractivity contribution in [3.63, 3.8) is 0 Å². The third-order valence-corrected chi connectivity index (χ3v) is 4.64. The molecular weight excluding hydrogens is 465 g/mol. The molecule has 0 amide bonds. The van der Waals surface area contributed by atoms with Gasteiger partial charge in [-0.05, 0) is 31.4 Å². The Hall–Kier alpha value is -3.08. The normalized spacial score (nSPS) is 13.3. The second kappa shape index (κ2) is 16.5. The van der Waals surface area contributed by atoms with E-state index in [0.29, 0.717) is 6.42 Å². The number of alkyl halides is 3. The Morgan fingerprint density at radius 1 is 1.11 bits per heavy atom. The van der Waals surface area contributed by atoms with E-state index in [1.54, 1.807) is 0 Å². The molecule has 8 nitrogen and oxygen atoms in total. The molecule has 0 saturated heterocycles. The number of non-ortho nitro benzene ring substituents is 1. The van der Waals surface area contributed by atoms with Gasteiger partial charge in [-0.25, -0.2) is 10.6 Å². The third kappa shape index (κ3) is 9.97. The number of hydrogen-bond acceptors (Lipinski definition) is 7. The van der Waals surface area contributed by atoms with Crippen LogP contribution in [0.25, 0.3) is 0 Å². The second-order valence-electron chi connectivity index (χ2n) is 6.75. The summed E-state index contributed by atoms with van der Waals surface area (Å²) in [7, 11) is 0. The van der Waals surface area contributed by atoms with E-state index in [1.807, 2.05) is 47.6 Å². The summed E-state index contributed by atoms with van der Waals surface area (Å²) >= 11 is 0. The standard InChI is InChI=1S/C20H27F3N4O4.2C2H6/c1-4-7-14(5-2)12-26(25)13-17(24)19(6-3,20(21,22)23)31-18(28)15-8-10-16(11-9-15)27(29)30;2*1-2/h7-11,13H,4-6,12,24-25H2,1-3H3;2*1-2H3/b14-7+,17-13-;;. The van der Waals surface area contributed by atoms with Gasteiger partial charge in [0.1, 0.15) is 0 Å². The first-order chi connectivity index (χ1) is 16.4. The van der Waals surface area contributed by atoms with Crippen LogP contribution in [0.4, 0.5) is 18.9 Å². The van der Waals surface area contributed by atoms with Crippen LogP contribution in [0.1, 0.15) is 78.1 Å². The van der Waals surface area contributed by atoms with Gasteiger partial charge in [0.2, 0.25) is 5.60 Å². The van der Waals surface area contributed by atoms with Crippen LogP contribution in [-0.2, 0) is 4.74 Å². The lowest BCUT2D eigenvalue weighted by atomic mass is 9.95. The number of carbonyl (C=O) groups excluding carboxylic acids is 1. The fourth-order valence-electron chi connectivity index (χ4n) is 2.87. The van der Waals surface area contributed by atoms with Crippen molar-refractivity contribution in [1.29, 1.82) is 0 Å². The molecule has 0 aliphatic carbocycles. The molecule has 0 aromatic heterocycles. The Morgan fingerprint density at radius 3 is 2.00 bits per heavy atom. The molecule has 1 rings (SSSR count). The topological polar surface area (TPSA) is 125 Å². The molecule has 0 bridgehead atoms. The minimum atomic E-state index is -5.04. The number of esters is 1. The molecule has 1 atom stereocenters. The van der Waals surface area contributed by atoms with Gasteiger partial charge in [0.25, 0.3) is 5.69 Å². The molecule has 1 aromatic carbocycles. The van der Waals surface area contributed by atoms with Crippen molar-refractivity contribution < 1.29 is 27.6 Å². The van der Waals surface area contributed by atoms with Gasteiger partial charge in [0.15, 0.2) is 0 Å². The van der Waals surface area contributed by atoms with E-state index in [9.17, 15) is 28.1 Å². The molecule has 0 saturated carbocycles. The summed E-state index contributed by atoms with van der Waals surface area (Å²) in [6, 6.07) is 4.00. The van der Waals surface area contributed by atoms with Gasteiger partial charge in [0, 0.05) is 18.3 Å². The molecule has 0 heterocycles. The zero-order chi connectivity index (χ0) is 27.8. The van der Waals surface area contributed by atoms with Gasteiger partial charge in [-0.1, -0.05) is 60.1 Å². The minimum absolute atomic E-state index is 0.152. The van der Waals surface area contributed by atoms with Gasteiger partial charge in [-0.2, -0.15) is 13.2 Å². The molecule has 35 heavy (non-hydrogen) atoms. The summed E-state index contributed by atoms with van der Waals surface area (Å²) in [5.41, 5.74) is 2.16. The van der Waals surface area contributed by atoms with E-state index in [0.717, 1.165) is 47.5 Å². The lowest BCUT2D eigenvalue weighted by molar-refractivity contribution is -0.384. The van der Waals surface area contributed by atoms with Crippen molar-refractivity contribution in [2.45, 2.75) is 79.5 Å². The van der Waals surface area contributed by atoms with E-state index in [1.165, 1.54) is 6.92 Å². The second-order valence-corrected chi connectivity index (χ2v) is 6.75. The maximum absolute atomic E-state index is 14.0. The van der Waals surface area contributed by atoms with Gasteiger partial charge >= 0.3 is 12.1 Å². The zero-order valence-electron chi connectivity index (χ0n) is 21.6. The molecular formula is C24H39F3N4O4. The van der Waals surface area contributed by atoms with Gasteiger partial charge < -0.3 is 15.5 Å². The highest BCUT2D eigenvalue weighted by Crippen LogP contribution is 2.41. The summed E-state index contributed by atoms with van der Waals surface area (Å²) in [5.74, 6) is 4.50. The third-order valence-electron chi connectivity index (χ3n) is 4.64.